The van der Waals surface area contributed by atoms with Crippen LogP contribution in [0.25, 0.3) is 5.82 Å². The zero-order valence-corrected chi connectivity index (χ0v) is 15.1. The summed E-state index contributed by atoms with van der Waals surface area (Å²) in [6, 6.07) is 5.97. The van der Waals surface area contributed by atoms with E-state index in [2.05, 4.69) is 30.1 Å². The van der Waals surface area contributed by atoms with Gasteiger partial charge in [0.2, 0.25) is 0 Å². The summed E-state index contributed by atoms with van der Waals surface area (Å²) in [6.45, 7) is 7.65. The lowest BCUT2D eigenvalue weighted by Crippen LogP contribution is -2.31. The normalized spacial score (nSPS) is 15.2. The van der Waals surface area contributed by atoms with Crippen molar-refractivity contribution < 1.29 is 0 Å². The van der Waals surface area contributed by atoms with Crippen molar-refractivity contribution in [3.63, 3.8) is 0 Å². The molecule has 0 atom stereocenters. The van der Waals surface area contributed by atoms with Gasteiger partial charge in [-0.05, 0) is 38.5 Å². The lowest BCUT2D eigenvalue weighted by molar-refractivity contribution is 0.767. The molecule has 1 fully saturated rings. The van der Waals surface area contributed by atoms with Gasteiger partial charge in [0.25, 0.3) is 0 Å². The molecule has 8 heteroatoms. The number of hydrogen-bond donors (Lipinski definition) is 0. The molecule has 0 amide bonds. The summed E-state index contributed by atoms with van der Waals surface area (Å²) in [5.74, 6) is 2.57. The number of nitrogens with zero attached hydrogens (tertiary/aromatic N) is 8. The van der Waals surface area contributed by atoms with Crippen LogP contribution < -0.4 is 9.80 Å². The fourth-order valence-corrected chi connectivity index (χ4v) is 3.30. The molecule has 8 nitrogen and oxygen atoms in total. The Morgan fingerprint density at radius 1 is 0.923 bits per heavy atom. The van der Waals surface area contributed by atoms with Crippen LogP contribution in [-0.2, 0) is 0 Å². The molecule has 134 valence electrons. The van der Waals surface area contributed by atoms with Crippen LogP contribution in [0.5, 0.6) is 0 Å². The zero-order chi connectivity index (χ0) is 17.9. The van der Waals surface area contributed by atoms with Gasteiger partial charge < -0.3 is 9.80 Å². The summed E-state index contributed by atoms with van der Waals surface area (Å²) in [5.41, 5.74) is 2.03. The maximum Gasteiger partial charge on any atom is 0.174 e. The average Bonchev–Trinajstić information content (AvgIpc) is 2.87. The van der Waals surface area contributed by atoms with Crippen molar-refractivity contribution in [3.05, 3.63) is 48.2 Å². The first kappa shape index (κ1) is 16.4. The molecule has 1 aliphatic heterocycles. The van der Waals surface area contributed by atoms with Gasteiger partial charge in [0.05, 0.1) is 18.1 Å². The van der Waals surface area contributed by atoms with E-state index in [1.807, 2.05) is 42.9 Å². The Morgan fingerprint density at radius 2 is 1.69 bits per heavy atom. The molecule has 1 saturated heterocycles. The predicted octanol–water partition coefficient (Wildman–Crippen LogP) is 1.79. The van der Waals surface area contributed by atoms with E-state index < -0.39 is 0 Å². The van der Waals surface area contributed by atoms with Crippen LogP contribution in [-0.4, -0.2) is 56.1 Å². The van der Waals surface area contributed by atoms with Gasteiger partial charge in [-0.15, -0.1) is 5.10 Å². The maximum atomic E-state index is 4.80. The van der Waals surface area contributed by atoms with Crippen molar-refractivity contribution in [1.29, 1.82) is 0 Å². The van der Waals surface area contributed by atoms with Gasteiger partial charge >= 0.3 is 0 Å². The topological polar surface area (TPSA) is 75.9 Å². The second-order valence-corrected chi connectivity index (χ2v) is 6.48. The monoisotopic (exact) mass is 350 g/mol. The molecule has 3 aromatic rings. The first-order chi connectivity index (χ1) is 12.7. The van der Waals surface area contributed by atoms with Gasteiger partial charge in [0, 0.05) is 38.1 Å². The minimum absolute atomic E-state index is 0.753. The highest BCUT2D eigenvalue weighted by Crippen LogP contribution is 2.18. The summed E-state index contributed by atoms with van der Waals surface area (Å²) in [6.07, 6.45) is 6.32. The van der Waals surface area contributed by atoms with Crippen LogP contribution >= 0.6 is 0 Å². The fraction of sp³-hybridized carbons (Fsp3) is 0.389. The molecule has 0 spiro atoms. The second-order valence-electron chi connectivity index (χ2n) is 6.48. The number of aryl methyl sites for hydroxylation is 2. The largest absolute Gasteiger partial charge is 0.353 e. The van der Waals surface area contributed by atoms with Crippen LogP contribution in [0.3, 0.4) is 0 Å². The van der Waals surface area contributed by atoms with Crippen LogP contribution in [0.2, 0.25) is 0 Å². The zero-order valence-electron chi connectivity index (χ0n) is 15.1. The molecule has 0 saturated carbocycles. The van der Waals surface area contributed by atoms with Gasteiger partial charge in [-0.2, -0.15) is 10.2 Å². The molecule has 0 bridgehead atoms. The van der Waals surface area contributed by atoms with Gasteiger partial charge in [-0.1, -0.05) is 0 Å². The molecule has 0 aliphatic carbocycles. The third kappa shape index (κ3) is 3.35. The molecule has 3 aromatic heterocycles. The first-order valence-electron chi connectivity index (χ1n) is 8.84. The van der Waals surface area contributed by atoms with E-state index >= 15 is 0 Å². The van der Waals surface area contributed by atoms with Crippen molar-refractivity contribution in [2.24, 2.45) is 0 Å². The third-order valence-corrected chi connectivity index (χ3v) is 4.54. The molecule has 26 heavy (non-hydrogen) atoms. The SMILES string of the molecule is Cc1cc(C)n(-c2cncc(N3CCCN(c4cccnn4)CC3)n2)n1. The molecule has 0 aromatic carbocycles. The summed E-state index contributed by atoms with van der Waals surface area (Å²) in [5, 5.41) is 12.7. The number of rotatable bonds is 3. The Morgan fingerprint density at radius 3 is 2.38 bits per heavy atom. The Labute approximate surface area is 152 Å². The lowest BCUT2D eigenvalue weighted by atomic mass is 10.3. The summed E-state index contributed by atoms with van der Waals surface area (Å²) in [7, 11) is 0. The summed E-state index contributed by atoms with van der Waals surface area (Å²) >= 11 is 0. The molecule has 4 heterocycles. The van der Waals surface area contributed by atoms with E-state index in [4.69, 9.17) is 4.98 Å². The van der Waals surface area contributed by atoms with Gasteiger partial charge in [0.1, 0.15) is 5.82 Å². The standard InChI is InChI=1S/C18H22N8/c1-14-11-15(2)26(23-14)18-13-19-12-17(21-18)25-8-4-7-24(9-10-25)16-5-3-6-20-22-16/h3,5-6,11-13H,4,7-10H2,1-2H3. The van der Waals surface area contributed by atoms with Crippen LogP contribution in [0.15, 0.2) is 36.8 Å². The highest BCUT2D eigenvalue weighted by Gasteiger charge is 2.18. The Balaban J connectivity index is 1.53. The highest BCUT2D eigenvalue weighted by atomic mass is 15.3. The summed E-state index contributed by atoms with van der Waals surface area (Å²) in [4.78, 5) is 13.7. The third-order valence-electron chi connectivity index (χ3n) is 4.54. The molecule has 0 radical (unpaired) electrons. The van der Waals surface area contributed by atoms with E-state index in [0.717, 1.165) is 61.4 Å². The first-order valence-corrected chi connectivity index (χ1v) is 8.84. The molecular weight excluding hydrogens is 328 g/mol. The van der Waals surface area contributed by atoms with Gasteiger partial charge in [-0.25, -0.2) is 9.67 Å². The van der Waals surface area contributed by atoms with Crippen molar-refractivity contribution >= 4 is 11.6 Å². The minimum atomic E-state index is 0.753. The Kier molecular flexibility index (Phi) is 4.47. The highest BCUT2D eigenvalue weighted by molar-refractivity contribution is 5.43. The minimum Gasteiger partial charge on any atom is -0.353 e. The van der Waals surface area contributed by atoms with E-state index in [9.17, 15) is 0 Å². The number of anilines is 2. The summed E-state index contributed by atoms with van der Waals surface area (Å²) < 4.78 is 1.84. The molecule has 0 N–H and O–H groups in total. The molecular formula is C18H22N8. The second kappa shape index (κ2) is 7.07. The van der Waals surface area contributed by atoms with E-state index in [1.165, 1.54) is 0 Å². The molecule has 1 aliphatic rings. The quantitative estimate of drug-likeness (QED) is 0.713. The van der Waals surface area contributed by atoms with E-state index in [0.29, 0.717) is 0 Å². The number of hydrogen-bond acceptors (Lipinski definition) is 7. The van der Waals surface area contributed by atoms with Crippen LogP contribution in [0, 0.1) is 13.8 Å². The molecule has 4 rings (SSSR count). The van der Waals surface area contributed by atoms with E-state index in [1.54, 1.807) is 12.4 Å². The van der Waals surface area contributed by atoms with Gasteiger partial charge in [0.15, 0.2) is 11.6 Å². The molecule has 0 unspecified atom stereocenters. The predicted molar refractivity (Wildman–Crippen MR) is 99.7 cm³/mol. The van der Waals surface area contributed by atoms with E-state index in [-0.39, 0.29) is 0 Å². The maximum absolute atomic E-state index is 4.80. The van der Waals surface area contributed by atoms with Crippen molar-refractivity contribution in [2.75, 3.05) is 36.0 Å². The smallest absolute Gasteiger partial charge is 0.174 e. The Hall–Kier alpha value is -3.03. The van der Waals surface area contributed by atoms with Crippen molar-refractivity contribution in [1.82, 2.24) is 29.9 Å². The van der Waals surface area contributed by atoms with Crippen LogP contribution in [0.4, 0.5) is 11.6 Å². The van der Waals surface area contributed by atoms with Crippen LogP contribution in [0.1, 0.15) is 17.8 Å². The fourth-order valence-electron chi connectivity index (χ4n) is 3.30. The van der Waals surface area contributed by atoms with Gasteiger partial charge in [-0.3, -0.25) is 4.98 Å². The number of aromatic nitrogens is 6. The average molecular weight is 350 g/mol. The van der Waals surface area contributed by atoms with Crippen molar-refractivity contribution in [2.45, 2.75) is 20.3 Å². The Bertz CT molecular complexity index is 876. The lowest BCUT2D eigenvalue weighted by Gasteiger charge is -2.23. The van der Waals surface area contributed by atoms with Crippen molar-refractivity contribution in [3.8, 4) is 5.82 Å².